The molecule has 2 aliphatic heterocycles. The molecule has 0 aromatic heterocycles. The standard InChI is InChI=1S/C16H26N2O4S/c19-15-14(17-8-10-22-11-9-17)2-1-7-18(15)12-16(5-6-16)23(20,21)13-3-4-13/h13-14H,1-12H2. The van der Waals surface area contributed by atoms with Crippen molar-refractivity contribution in [2.45, 2.75) is 54.6 Å². The van der Waals surface area contributed by atoms with Crippen molar-refractivity contribution >= 4 is 15.7 Å². The van der Waals surface area contributed by atoms with Crippen LogP contribution < -0.4 is 0 Å². The van der Waals surface area contributed by atoms with Gasteiger partial charge in [-0.2, -0.15) is 0 Å². The van der Waals surface area contributed by atoms with Gasteiger partial charge in [-0.1, -0.05) is 0 Å². The zero-order valence-electron chi connectivity index (χ0n) is 13.6. The van der Waals surface area contributed by atoms with Crippen molar-refractivity contribution in [3.05, 3.63) is 0 Å². The first-order valence-electron chi connectivity index (χ1n) is 8.88. The number of likely N-dealkylation sites (tertiary alicyclic amines) is 1. The highest BCUT2D eigenvalue weighted by Crippen LogP contribution is 2.50. The van der Waals surface area contributed by atoms with Crippen molar-refractivity contribution in [3.63, 3.8) is 0 Å². The van der Waals surface area contributed by atoms with E-state index in [0.29, 0.717) is 26.3 Å². The normalized spacial score (nSPS) is 32.1. The Bertz CT molecular complexity index is 577. The maximum absolute atomic E-state index is 12.9. The molecule has 1 atom stereocenters. The van der Waals surface area contributed by atoms with Crippen LogP contribution in [0, 0.1) is 0 Å². The van der Waals surface area contributed by atoms with E-state index in [9.17, 15) is 13.2 Å². The van der Waals surface area contributed by atoms with Crippen LogP contribution in [-0.2, 0) is 19.4 Å². The molecule has 2 saturated carbocycles. The topological polar surface area (TPSA) is 66.9 Å². The lowest BCUT2D eigenvalue weighted by Gasteiger charge is -2.41. The Labute approximate surface area is 138 Å². The Morgan fingerprint density at radius 2 is 1.78 bits per heavy atom. The average molecular weight is 342 g/mol. The summed E-state index contributed by atoms with van der Waals surface area (Å²) < 4.78 is 30.1. The Hall–Kier alpha value is -0.660. The first-order chi connectivity index (χ1) is 11.0. The van der Waals surface area contributed by atoms with Crippen molar-refractivity contribution in [3.8, 4) is 0 Å². The summed E-state index contributed by atoms with van der Waals surface area (Å²) in [4.78, 5) is 17.0. The molecular weight excluding hydrogens is 316 g/mol. The molecule has 4 aliphatic rings. The average Bonchev–Trinajstić information content (AvgIpc) is 3.44. The maximum atomic E-state index is 12.9. The van der Waals surface area contributed by atoms with E-state index in [1.54, 1.807) is 0 Å². The first kappa shape index (κ1) is 15.8. The van der Waals surface area contributed by atoms with Crippen LogP contribution in [0.1, 0.15) is 38.5 Å². The number of hydrogen-bond acceptors (Lipinski definition) is 5. The van der Waals surface area contributed by atoms with Gasteiger partial charge in [0.15, 0.2) is 9.84 Å². The van der Waals surface area contributed by atoms with E-state index in [-0.39, 0.29) is 17.2 Å². The van der Waals surface area contributed by atoms with E-state index in [1.165, 1.54) is 0 Å². The Morgan fingerprint density at radius 1 is 1.09 bits per heavy atom. The number of ether oxygens (including phenoxy) is 1. The summed E-state index contributed by atoms with van der Waals surface area (Å²) in [7, 11) is -3.05. The van der Waals surface area contributed by atoms with Gasteiger partial charge in [-0.15, -0.1) is 0 Å². The van der Waals surface area contributed by atoms with Crippen LogP contribution in [0.4, 0.5) is 0 Å². The number of rotatable bonds is 5. The molecule has 130 valence electrons. The van der Waals surface area contributed by atoms with Gasteiger partial charge in [0, 0.05) is 26.2 Å². The van der Waals surface area contributed by atoms with Crippen LogP contribution in [0.15, 0.2) is 0 Å². The van der Waals surface area contributed by atoms with Crippen LogP contribution in [0.5, 0.6) is 0 Å². The number of carbonyl (C=O) groups is 1. The number of piperidine rings is 1. The van der Waals surface area contributed by atoms with Crippen molar-refractivity contribution in [2.75, 3.05) is 39.4 Å². The summed E-state index contributed by atoms with van der Waals surface area (Å²) in [6.45, 7) is 4.10. The SMILES string of the molecule is O=C1C(N2CCOCC2)CCCN1CC1(S(=O)(=O)C2CC2)CC1. The number of morpholine rings is 1. The van der Waals surface area contributed by atoms with E-state index in [0.717, 1.165) is 51.6 Å². The maximum Gasteiger partial charge on any atom is 0.239 e. The third-order valence-electron chi connectivity index (χ3n) is 5.84. The van der Waals surface area contributed by atoms with Gasteiger partial charge in [0.05, 0.1) is 29.3 Å². The summed E-state index contributed by atoms with van der Waals surface area (Å²) >= 11 is 0. The van der Waals surface area contributed by atoms with Crippen molar-refractivity contribution in [2.24, 2.45) is 0 Å². The zero-order valence-corrected chi connectivity index (χ0v) is 14.4. The van der Waals surface area contributed by atoms with Crippen LogP contribution in [0.3, 0.4) is 0 Å². The highest BCUT2D eigenvalue weighted by atomic mass is 32.2. The summed E-state index contributed by atoms with van der Waals surface area (Å²) in [5, 5.41) is -0.125. The molecule has 7 heteroatoms. The fourth-order valence-corrected chi connectivity index (χ4v) is 6.53. The van der Waals surface area contributed by atoms with Gasteiger partial charge >= 0.3 is 0 Å². The number of amides is 1. The lowest BCUT2D eigenvalue weighted by atomic mass is 10.0. The van der Waals surface area contributed by atoms with Crippen LogP contribution in [-0.4, -0.2) is 79.6 Å². The zero-order chi connectivity index (χ0) is 16.1. The third-order valence-corrected chi connectivity index (χ3v) is 8.94. The molecule has 2 heterocycles. The van der Waals surface area contributed by atoms with Crippen LogP contribution in [0.2, 0.25) is 0 Å². The Balaban J connectivity index is 1.45. The molecule has 0 spiro atoms. The second-order valence-corrected chi connectivity index (χ2v) is 10.1. The van der Waals surface area contributed by atoms with E-state index >= 15 is 0 Å². The van der Waals surface area contributed by atoms with Crippen molar-refractivity contribution in [1.82, 2.24) is 9.80 Å². The van der Waals surface area contributed by atoms with Crippen molar-refractivity contribution < 1.29 is 17.9 Å². The molecule has 0 radical (unpaired) electrons. The van der Waals surface area contributed by atoms with Crippen LogP contribution in [0.25, 0.3) is 0 Å². The molecule has 0 aromatic rings. The molecule has 2 saturated heterocycles. The Kier molecular flexibility index (Phi) is 3.93. The van der Waals surface area contributed by atoms with Crippen LogP contribution >= 0.6 is 0 Å². The highest BCUT2D eigenvalue weighted by Gasteiger charge is 2.60. The quantitative estimate of drug-likeness (QED) is 0.724. The van der Waals surface area contributed by atoms with Crippen molar-refractivity contribution in [1.29, 1.82) is 0 Å². The fraction of sp³-hybridized carbons (Fsp3) is 0.938. The minimum absolute atomic E-state index is 0.0768. The summed E-state index contributed by atoms with van der Waals surface area (Å²) in [5.41, 5.74) is 0. The van der Waals surface area contributed by atoms with Gasteiger partial charge < -0.3 is 9.64 Å². The molecule has 1 amide bonds. The second kappa shape index (κ2) is 5.70. The lowest BCUT2D eigenvalue weighted by molar-refractivity contribution is -0.142. The molecular formula is C16H26N2O4S. The Morgan fingerprint density at radius 3 is 2.39 bits per heavy atom. The van der Waals surface area contributed by atoms with Gasteiger partial charge in [0.1, 0.15) is 0 Å². The van der Waals surface area contributed by atoms with E-state index in [2.05, 4.69) is 4.90 Å². The molecule has 0 aromatic carbocycles. The predicted octanol–water partition coefficient (Wildman–Crippen LogP) is 0.419. The van der Waals surface area contributed by atoms with E-state index in [4.69, 9.17) is 4.74 Å². The van der Waals surface area contributed by atoms with E-state index < -0.39 is 14.6 Å². The lowest BCUT2D eigenvalue weighted by Crippen LogP contribution is -2.57. The second-order valence-electron chi connectivity index (χ2n) is 7.49. The van der Waals surface area contributed by atoms with Gasteiger partial charge in [-0.25, -0.2) is 8.42 Å². The monoisotopic (exact) mass is 342 g/mol. The number of carbonyl (C=O) groups excluding carboxylic acids is 1. The summed E-state index contributed by atoms with van der Waals surface area (Å²) in [5.74, 6) is 0.135. The molecule has 1 unspecified atom stereocenters. The summed E-state index contributed by atoms with van der Waals surface area (Å²) in [6, 6.07) is -0.0768. The van der Waals surface area contributed by atoms with E-state index in [1.807, 2.05) is 4.90 Å². The molecule has 0 bridgehead atoms. The first-order valence-corrected chi connectivity index (χ1v) is 10.4. The minimum atomic E-state index is -3.05. The van der Waals surface area contributed by atoms with Gasteiger partial charge in [0.2, 0.25) is 5.91 Å². The molecule has 4 fully saturated rings. The smallest absolute Gasteiger partial charge is 0.239 e. The fourth-order valence-electron chi connectivity index (χ4n) is 4.06. The predicted molar refractivity (Wildman–Crippen MR) is 85.9 cm³/mol. The third kappa shape index (κ3) is 2.81. The number of nitrogens with zero attached hydrogens (tertiary/aromatic N) is 2. The molecule has 6 nitrogen and oxygen atoms in total. The van der Waals surface area contributed by atoms with Gasteiger partial charge in [-0.3, -0.25) is 9.69 Å². The molecule has 23 heavy (non-hydrogen) atoms. The molecule has 0 N–H and O–H groups in total. The highest BCUT2D eigenvalue weighted by molar-refractivity contribution is 7.94. The minimum Gasteiger partial charge on any atom is -0.379 e. The van der Waals surface area contributed by atoms with Gasteiger partial charge in [0.25, 0.3) is 0 Å². The number of hydrogen-bond donors (Lipinski definition) is 0. The largest absolute Gasteiger partial charge is 0.379 e. The summed E-state index contributed by atoms with van der Waals surface area (Å²) in [6.07, 6.45) is 4.95. The number of sulfone groups is 1. The van der Waals surface area contributed by atoms with Gasteiger partial charge in [-0.05, 0) is 38.5 Å². The molecule has 4 rings (SSSR count). The molecule has 2 aliphatic carbocycles.